The zero-order valence-electron chi connectivity index (χ0n) is 10.2. The van der Waals surface area contributed by atoms with Crippen molar-refractivity contribution in [3.05, 3.63) is 11.6 Å². The minimum absolute atomic E-state index is 0.0356. The number of hydrogen-bond acceptors (Lipinski definition) is 2. The fraction of sp³-hybridized carbons (Fsp3) is 0.846. The van der Waals surface area contributed by atoms with Gasteiger partial charge in [-0.1, -0.05) is 19.9 Å². The molecule has 0 radical (unpaired) electrons. The molecule has 1 saturated heterocycles. The molecule has 0 saturated carbocycles. The first kappa shape index (κ1) is 11.2. The smallest absolute Gasteiger partial charge is 0.161 e. The van der Waals surface area contributed by atoms with Crippen LogP contribution in [0.15, 0.2) is 11.6 Å². The fourth-order valence-electron chi connectivity index (χ4n) is 2.45. The van der Waals surface area contributed by atoms with Gasteiger partial charge in [0.15, 0.2) is 6.29 Å². The van der Waals surface area contributed by atoms with Gasteiger partial charge in [-0.25, -0.2) is 0 Å². The Labute approximate surface area is 92.6 Å². The lowest BCUT2D eigenvalue weighted by Gasteiger charge is -2.28. The average molecular weight is 210 g/mol. The van der Waals surface area contributed by atoms with Crippen molar-refractivity contribution in [3.63, 3.8) is 0 Å². The standard InChI is InChI=1S/C13H22O2/c1-9(2)12-14-10(3)13(4,15-12)11-7-5-6-8-11/h7,9-10,12H,5-6,8H2,1-4H3/t10-,12-,13-/m1/s1. The normalized spacial score (nSPS) is 41.3. The van der Waals surface area contributed by atoms with E-state index in [0.717, 1.165) is 0 Å². The summed E-state index contributed by atoms with van der Waals surface area (Å²) in [5.41, 5.74) is 1.27. The topological polar surface area (TPSA) is 18.5 Å². The molecule has 0 bridgehead atoms. The fourth-order valence-corrected chi connectivity index (χ4v) is 2.45. The van der Waals surface area contributed by atoms with Gasteiger partial charge in [0, 0.05) is 5.92 Å². The van der Waals surface area contributed by atoms with Crippen molar-refractivity contribution >= 4 is 0 Å². The molecule has 1 aliphatic carbocycles. The number of ether oxygens (including phenoxy) is 2. The molecule has 2 nitrogen and oxygen atoms in total. The Morgan fingerprint density at radius 2 is 2.20 bits per heavy atom. The third-order valence-corrected chi connectivity index (χ3v) is 3.70. The Hall–Kier alpha value is -0.340. The highest BCUT2D eigenvalue weighted by Gasteiger charge is 2.47. The lowest BCUT2D eigenvalue weighted by Crippen LogP contribution is -2.36. The molecule has 1 heterocycles. The Morgan fingerprint density at radius 1 is 1.47 bits per heavy atom. The van der Waals surface area contributed by atoms with E-state index in [4.69, 9.17) is 9.47 Å². The van der Waals surface area contributed by atoms with Crippen molar-refractivity contribution in [2.24, 2.45) is 5.92 Å². The van der Waals surface area contributed by atoms with Gasteiger partial charge in [0.1, 0.15) is 5.60 Å². The maximum Gasteiger partial charge on any atom is 0.161 e. The van der Waals surface area contributed by atoms with Gasteiger partial charge in [0.2, 0.25) is 0 Å². The molecule has 2 rings (SSSR count). The summed E-state index contributed by atoms with van der Waals surface area (Å²) in [6.45, 7) is 8.59. The van der Waals surface area contributed by atoms with Crippen LogP contribution in [0.3, 0.4) is 0 Å². The summed E-state index contributed by atoms with van der Waals surface area (Å²) in [6.07, 6.45) is 6.12. The third kappa shape index (κ3) is 1.85. The Balaban J connectivity index is 2.14. The monoisotopic (exact) mass is 210 g/mol. The number of rotatable bonds is 2. The largest absolute Gasteiger partial charge is 0.346 e. The van der Waals surface area contributed by atoms with Crippen LogP contribution in [-0.2, 0) is 9.47 Å². The van der Waals surface area contributed by atoms with E-state index in [9.17, 15) is 0 Å². The van der Waals surface area contributed by atoms with Gasteiger partial charge >= 0.3 is 0 Å². The minimum Gasteiger partial charge on any atom is -0.346 e. The summed E-state index contributed by atoms with van der Waals surface area (Å²) in [7, 11) is 0. The van der Waals surface area contributed by atoms with Crippen LogP contribution >= 0.6 is 0 Å². The zero-order valence-corrected chi connectivity index (χ0v) is 10.2. The van der Waals surface area contributed by atoms with Gasteiger partial charge in [-0.3, -0.25) is 0 Å². The van der Waals surface area contributed by atoms with E-state index in [1.54, 1.807) is 0 Å². The van der Waals surface area contributed by atoms with Gasteiger partial charge in [-0.05, 0) is 38.7 Å². The van der Waals surface area contributed by atoms with E-state index in [-0.39, 0.29) is 18.0 Å². The van der Waals surface area contributed by atoms with Crippen LogP contribution < -0.4 is 0 Å². The van der Waals surface area contributed by atoms with Gasteiger partial charge in [0.25, 0.3) is 0 Å². The van der Waals surface area contributed by atoms with Gasteiger partial charge in [0.05, 0.1) is 6.10 Å². The van der Waals surface area contributed by atoms with Crippen molar-refractivity contribution in [3.8, 4) is 0 Å². The first-order chi connectivity index (χ1) is 7.04. The van der Waals surface area contributed by atoms with Crippen molar-refractivity contribution in [1.82, 2.24) is 0 Å². The molecule has 0 aromatic carbocycles. The zero-order chi connectivity index (χ0) is 11.1. The van der Waals surface area contributed by atoms with Crippen LogP contribution in [-0.4, -0.2) is 18.0 Å². The first-order valence-electron chi connectivity index (χ1n) is 6.07. The number of hydrogen-bond donors (Lipinski definition) is 0. The molecule has 0 unspecified atom stereocenters. The van der Waals surface area contributed by atoms with E-state index in [2.05, 4.69) is 33.8 Å². The van der Waals surface area contributed by atoms with Crippen LogP contribution in [0, 0.1) is 5.92 Å². The summed E-state index contributed by atoms with van der Waals surface area (Å²) in [4.78, 5) is 0. The van der Waals surface area contributed by atoms with E-state index in [1.165, 1.54) is 24.8 Å². The Morgan fingerprint density at radius 3 is 2.67 bits per heavy atom. The molecule has 0 aromatic rings. The lowest BCUT2D eigenvalue weighted by atomic mass is 9.90. The highest BCUT2D eigenvalue weighted by molar-refractivity contribution is 5.23. The molecular weight excluding hydrogens is 188 g/mol. The van der Waals surface area contributed by atoms with Crippen LogP contribution in [0.25, 0.3) is 0 Å². The quantitative estimate of drug-likeness (QED) is 0.651. The highest BCUT2D eigenvalue weighted by Crippen LogP contribution is 2.41. The molecule has 15 heavy (non-hydrogen) atoms. The molecule has 2 heteroatoms. The van der Waals surface area contributed by atoms with Crippen molar-refractivity contribution in [1.29, 1.82) is 0 Å². The summed E-state index contributed by atoms with van der Waals surface area (Å²) in [5.74, 6) is 0.427. The van der Waals surface area contributed by atoms with E-state index >= 15 is 0 Å². The predicted molar refractivity (Wildman–Crippen MR) is 60.6 cm³/mol. The SMILES string of the molecule is CC(C)[C@@H]1O[C@H](C)[C@](C)(C2=CCCC2)O1. The van der Waals surface area contributed by atoms with E-state index < -0.39 is 0 Å². The van der Waals surface area contributed by atoms with Crippen LogP contribution in [0.5, 0.6) is 0 Å². The summed E-state index contributed by atoms with van der Waals surface area (Å²) in [5, 5.41) is 0. The Kier molecular flexibility index (Phi) is 2.91. The average Bonchev–Trinajstić information content (AvgIpc) is 2.76. The van der Waals surface area contributed by atoms with E-state index in [1.807, 2.05) is 0 Å². The lowest BCUT2D eigenvalue weighted by molar-refractivity contribution is -0.104. The van der Waals surface area contributed by atoms with Gasteiger partial charge in [-0.2, -0.15) is 0 Å². The van der Waals surface area contributed by atoms with Crippen molar-refractivity contribution in [2.45, 2.75) is 65.0 Å². The Bertz CT molecular complexity index is 270. The second-order valence-corrected chi connectivity index (χ2v) is 5.24. The molecule has 1 aliphatic heterocycles. The summed E-state index contributed by atoms with van der Waals surface area (Å²) in [6, 6.07) is 0. The molecular formula is C13H22O2. The predicted octanol–water partition coefficient (Wildman–Crippen LogP) is 3.27. The molecule has 86 valence electrons. The summed E-state index contributed by atoms with van der Waals surface area (Å²) < 4.78 is 12.0. The van der Waals surface area contributed by atoms with Crippen LogP contribution in [0.4, 0.5) is 0 Å². The van der Waals surface area contributed by atoms with Crippen molar-refractivity contribution < 1.29 is 9.47 Å². The molecule has 0 amide bonds. The molecule has 1 fully saturated rings. The van der Waals surface area contributed by atoms with E-state index in [0.29, 0.717) is 5.92 Å². The van der Waals surface area contributed by atoms with Crippen LogP contribution in [0.1, 0.15) is 47.0 Å². The second kappa shape index (κ2) is 3.91. The van der Waals surface area contributed by atoms with Gasteiger partial charge < -0.3 is 9.47 Å². The highest BCUT2D eigenvalue weighted by atomic mass is 16.7. The first-order valence-corrected chi connectivity index (χ1v) is 6.07. The maximum absolute atomic E-state index is 6.12. The molecule has 0 spiro atoms. The van der Waals surface area contributed by atoms with Gasteiger partial charge in [-0.15, -0.1) is 0 Å². The summed E-state index contributed by atoms with van der Waals surface area (Å²) >= 11 is 0. The molecule has 0 N–H and O–H groups in total. The molecule has 2 aliphatic rings. The molecule has 3 atom stereocenters. The molecule has 0 aromatic heterocycles. The van der Waals surface area contributed by atoms with Crippen LogP contribution in [0.2, 0.25) is 0 Å². The number of allylic oxidation sites excluding steroid dienone is 1. The van der Waals surface area contributed by atoms with Crippen molar-refractivity contribution in [2.75, 3.05) is 0 Å². The minimum atomic E-state index is -0.175. The third-order valence-electron chi connectivity index (χ3n) is 3.70. The second-order valence-electron chi connectivity index (χ2n) is 5.24. The maximum atomic E-state index is 6.12.